The van der Waals surface area contributed by atoms with E-state index in [1.54, 1.807) is 12.1 Å². The van der Waals surface area contributed by atoms with E-state index in [1.165, 1.54) is 6.07 Å². The Morgan fingerprint density at radius 3 is 2.70 bits per heavy atom. The van der Waals surface area contributed by atoms with E-state index in [9.17, 15) is 9.18 Å². The molecule has 0 aromatic heterocycles. The minimum atomic E-state index is -0.492. The Bertz CT molecular complexity index is 513. The summed E-state index contributed by atoms with van der Waals surface area (Å²) in [7, 11) is 0. The molecule has 2 rings (SSSR count). The molecule has 1 saturated heterocycles. The molecule has 1 fully saturated rings. The Morgan fingerprint density at radius 2 is 2.10 bits per heavy atom. The summed E-state index contributed by atoms with van der Waals surface area (Å²) in [6, 6.07) is 4.89. The first-order valence-electron chi connectivity index (χ1n) is 6.66. The van der Waals surface area contributed by atoms with Crippen molar-refractivity contribution in [2.75, 3.05) is 13.1 Å². The molecule has 1 aliphatic heterocycles. The standard InChI is InChI=1S/C15H19BrFNO2/c1-15(2,3)20-14(19)11-8-18-7-10(11)9-4-5-13(17)12(16)6-9/h4-6,10-11,18H,7-8H2,1-3H3/t10-,11+/m0/s1. The van der Waals surface area contributed by atoms with Crippen LogP contribution in [0.15, 0.2) is 22.7 Å². The number of hydrogen-bond donors (Lipinski definition) is 1. The number of esters is 1. The zero-order valence-corrected chi connectivity index (χ0v) is 13.5. The van der Waals surface area contributed by atoms with E-state index in [0.29, 0.717) is 17.6 Å². The third kappa shape index (κ3) is 3.58. The SMILES string of the molecule is CC(C)(C)OC(=O)[C@@H]1CNC[C@H]1c1ccc(F)c(Br)c1. The predicted molar refractivity (Wildman–Crippen MR) is 79.0 cm³/mol. The van der Waals surface area contributed by atoms with Gasteiger partial charge in [0.15, 0.2) is 0 Å². The van der Waals surface area contributed by atoms with Crippen LogP contribution in [0.1, 0.15) is 32.3 Å². The van der Waals surface area contributed by atoms with Gasteiger partial charge in [-0.15, -0.1) is 0 Å². The first-order valence-corrected chi connectivity index (χ1v) is 7.46. The van der Waals surface area contributed by atoms with Gasteiger partial charge < -0.3 is 10.1 Å². The van der Waals surface area contributed by atoms with E-state index < -0.39 is 5.60 Å². The van der Waals surface area contributed by atoms with Crippen molar-refractivity contribution in [3.8, 4) is 0 Å². The summed E-state index contributed by atoms with van der Waals surface area (Å²) in [5.74, 6) is -0.713. The molecule has 2 atom stereocenters. The molecule has 3 nitrogen and oxygen atoms in total. The normalized spacial score (nSPS) is 22.9. The molecule has 5 heteroatoms. The number of nitrogens with one attached hydrogen (secondary N) is 1. The monoisotopic (exact) mass is 343 g/mol. The van der Waals surface area contributed by atoms with Gasteiger partial charge in [-0.25, -0.2) is 4.39 Å². The second kappa shape index (κ2) is 5.82. The van der Waals surface area contributed by atoms with Crippen LogP contribution in [0.3, 0.4) is 0 Å². The van der Waals surface area contributed by atoms with Gasteiger partial charge in [-0.3, -0.25) is 4.79 Å². The summed E-state index contributed by atoms with van der Waals surface area (Å²) in [6.45, 7) is 6.86. The summed E-state index contributed by atoms with van der Waals surface area (Å²) in [4.78, 5) is 12.2. The highest BCUT2D eigenvalue weighted by atomic mass is 79.9. The van der Waals surface area contributed by atoms with E-state index in [1.807, 2.05) is 20.8 Å². The highest BCUT2D eigenvalue weighted by Gasteiger charge is 2.36. The molecule has 1 heterocycles. The van der Waals surface area contributed by atoms with Gasteiger partial charge >= 0.3 is 5.97 Å². The van der Waals surface area contributed by atoms with E-state index in [-0.39, 0.29) is 23.6 Å². The first-order chi connectivity index (χ1) is 9.28. The summed E-state index contributed by atoms with van der Waals surface area (Å²) < 4.78 is 19.2. The van der Waals surface area contributed by atoms with Gasteiger partial charge in [0, 0.05) is 19.0 Å². The van der Waals surface area contributed by atoms with Crippen LogP contribution in [0.4, 0.5) is 4.39 Å². The zero-order valence-electron chi connectivity index (χ0n) is 11.9. The van der Waals surface area contributed by atoms with Crippen molar-refractivity contribution in [3.63, 3.8) is 0 Å². The van der Waals surface area contributed by atoms with E-state index in [4.69, 9.17) is 4.74 Å². The summed E-state index contributed by atoms with van der Waals surface area (Å²) in [6.07, 6.45) is 0. The summed E-state index contributed by atoms with van der Waals surface area (Å²) >= 11 is 3.19. The van der Waals surface area contributed by atoms with Gasteiger partial charge in [0.25, 0.3) is 0 Å². The number of ether oxygens (including phenoxy) is 1. The average Bonchev–Trinajstić information content (AvgIpc) is 2.79. The lowest BCUT2D eigenvalue weighted by Gasteiger charge is -2.24. The Morgan fingerprint density at radius 1 is 1.40 bits per heavy atom. The second-order valence-electron chi connectivity index (χ2n) is 6.08. The fourth-order valence-corrected chi connectivity index (χ4v) is 2.79. The molecular weight excluding hydrogens is 325 g/mol. The van der Waals surface area contributed by atoms with Crippen LogP contribution in [-0.2, 0) is 9.53 Å². The zero-order chi connectivity index (χ0) is 14.9. The Balaban J connectivity index is 2.18. The van der Waals surface area contributed by atoms with Gasteiger partial charge in [0.05, 0.1) is 10.4 Å². The lowest BCUT2D eigenvalue weighted by Crippen LogP contribution is -2.31. The highest BCUT2D eigenvalue weighted by Crippen LogP contribution is 2.32. The van der Waals surface area contributed by atoms with E-state index >= 15 is 0 Å². The van der Waals surface area contributed by atoms with Crippen LogP contribution in [0, 0.1) is 11.7 Å². The van der Waals surface area contributed by atoms with Gasteiger partial charge in [-0.2, -0.15) is 0 Å². The number of hydrogen-bond acceptors (Lipinski definition) is 3. The third-order valence-electron chi connectivity index (χ3n) is 3.30. The Hall–Kier alpha value is -0.940. The van der Waals surface area contributed by atoms with Gasteiger partial charge in [0.2, 0.25) is 0 Å². The minimum absolute atomic E-state index is 0.0155. The molecule has 20 heavy (non-hydrogen) atoms. The molecule has 0 saturated carbocycles. The van der Waals surface area contributed by atoms with Crippen molar-refractivity contribution in [2.24, 2.45) is 5.92 Å². The van der Waals surface area contributed by atoms with Crippen LogP contribution in [-0.4, -0.2) is 24.7 Å². The fraction of sp³-hybridized carbons (Fsp3) is 0.533. The van der Waals surface area contributed by atoms with Crippen LogP contribution >= 0.6 is 15.9 Å². The molecule has 0 bridgehead atoms. The van der Waals surface area contributed by atoms with Gasteiger partial charge in [-0.1, -0.05) is 6.07 Å². The van der Waals surface area contributed by atoms with Crippen molar-refractivity contribution < 1.29 is 13.9 Å². The largest absolute Gasteiger partial charge is 0.460 e. The van der Waals surface area contributed by atoms with Crippen molar-refractivity contribution in [3.05, 3.63) is 34.1 Å². The highest BCUT2D eigenvalue weighted by molar-refractivity contribution is 9.10. The molecular formula is C15H19BrFNO2. The van der Waals surface area contributed by atoms with Crippen molar-refractivity contribution in [1.82, 2.24) is 5.32 Å². The number of benzene rings is 1. The van der Waals surface area contributed by atoms with E-state index in [2.05, 4.69) is 21.2 Å². The van der Waals surface area contributed by atoms with Crippen molar-refractivity contribution >= 4 is 21.9 Å². The molecule has 110 valence electrons. The van der Waals surface area contributed by atoms with Crippen LogP contribution in [0.25, 0.3) is 0 Å². The lowest BCUT2D eigenvalue weighted by molar-refractivity contribution is -0.159. The summed E-state index contributed by atoms with van der Waals surface area (Å²) in [5, 5.41) is 3.21. The molecule has 0 unspecified atom stereocenters. The van der Waals surface area contributed by atoms with Crippen LogP contribution in [0.2, 0.25) is 0 Å². The van der Waals surface area contributed by atoms with E-state index in [0.717, 1.165) is 5.56 Å². The second-order valence-corrected chi connectivity index (χ2v) is 6.93. The molecule has 1 aromatic carbocycles. The van der Waals surface area contributed by atoms with Gasteiger partial charge in [0.1, 0.15) is 11.4 Å². The maximum atomic E-state index is 13.3. The quantitative estimate of drug-likeness (QED) is 0.837. The maximum Gasteiger partial charge on any atom is 0.311 e. The molecule has 0 radical (unpaired) electrons. The van der Waals surface area contributed by atoms with Crippen LogP contribution in [0.5, 0.6) is 0 Å². The third-order valence-corrected chi connectivity index (χ3v) is 3.90. The average molecular weight is 344 g/mol. The lowest BCUT2D eigenvalue weighted by atomic mass is 9.89. The van der Waals surface area contributed by atoms with Crippen LogP contribution < -0.4 is 5.32 Å². The number of halogens is 2. The minimum Gasteiger partial charge on any atom is -0.460 e. The van der Waals surface area contributed by atoms with Crippen molar-refractivity contribution in [2.45, 2.75) is 32.3 Å². The smallest absolute Gasteiger partial charge is 0.311 e. The molecule has 0 spiro atoms. The first kappa shape index (κ1) is 15.4. The number of rotatable bonds is 2. The number of carbonyl (C=O) groups excluding carboxylic acids is 1. The molecule has 1 N–H and O–H groups in total. The van der Waals surface area contributed by atoms with Gasteiger partial charge in [-0.05, 0) is 54.4 Å². The molecule has 1 aliphatic rings. The maximum absolute atomic E-state index is 13.3. The topological polar surface area (TPSA) is 38.3 Å². The molecule has 0 aliphatic carbocycles. The molecule has 1 aromatic rings. The van der Waals surface area contributed by atoms with Crippen molar-refractivity contribution in [1.29, 1.82) is 0 Å². The Labute approximate surface area is 127 Å². The fourth-order valence-electron chi connectivity index (χ4n) is 2.40. The Kier molecular flexibility index (Phi) is 4.49. The summed E-state index contributed by atoms with van der Waals surface area (Å²) in [5.41, 5.74) is 0.451. The molecule has 0 amide bonds. The predicted octanol–water partition coefficient (Wildman–Crippen LogP) is 3.23. The number of carbonyl (C=O) groups is 1.